The van der Waals surface area contributed by atoms with Crippen molar-refractivity contribution in [2.24, 2.45) is 0 Å². The average molecular weight is 183 g/mol. The third-order valence-electron chi connectivity index (χ3n) is 1.10. The predicted molar refractivity (Wildman–Crippen MR) is 40.5 cm³/mol. The molecule has 8 nitrogen and oxygen atoms in total. The fraction of sp³-hybridized carbons (Fsp3) is 0. The maximum atomic E-state index is 8.36. The first-order chi connectivity index (χ1) is 6.20. The van der Waals surface area contributed by atoms with Crippen LogP contribution in [-0.4, -0.2) is 30.2 Å². The van der Waals surface area contributed by atoms with Crippen LogP contribution in [0.5, 0.6) is 0 Å². The Morgan fingerprint density at radius 1 is 1.54 bits per heavy atom. The number of fused-ring (bicyclic) bond motifs is 1. The van der Waals surface area contributed by atoms with Crippen LogP contribution >= 0.6 is 0 Å². The van der Waals surface area contributed by atoms with E-state index in [9.17, 15) is 0 Å². The van der Waals surface area contributed by atoms with Crippen molar-refractivity contribution in [1.29, 1.82) is 0 Å². The molecule has 0 aliphatic heterocycles. The van der Waals surface area contributed by atoms with Crippen molar-refractivity contribution in [2.45, 2.75) is 0 Å². The van der Waals surface area contributed by atoms with Crippen LogP contribution < -0.4 is 0 Å². The number of aromatic amines is 1. The van der Waals surface area contributed by atoms with Gasteiger partial charge in [-0.3, -0.25) is 0 Å². The number of hydrogen-bond acceptors (Lipinski definition) is 5. The van der Waals surface area contributed by atoms with Crippen LogP contribution in [0.4, 0.5) is 0 Å². The first-order valence-electron chi connectivity index (χ1n) is 3.12. The normalized spacial score (nSPS) is 8.92. The quantitative estimate of drug-likeness (QED) is 0.438. The van der Waals surface area contributed by atoms with Gasteiger partial charge in [0.15, 0.2) is 5.65 Å². The number of rotatable bonds is 0. The highest BCUT2D eigenvalue weighted by molar-refractivity contribution is 5.67. The second-order valence-electron chi connectivity index (χ2n) is 1.90. The summed E-state index contributed by atoms with van der Waals surface area (Å²) in [5.74, 6) is 0. The molecule has 0 radical (unpaired) electrons. The Labute approximate surface area is 71.4 Å². The SMILES string of the molecule is O=[N+]([O-])O.c1ncc2nc[nH]c2n1. The van der Waals surface area contributed by atoms with Crippen molar-refractivity contribution >= 4 is 11.2 Å². The molecule has 2 rings (SSSR count). The Morgan fingerprint density at radius 2 is 2.23 bits per heavy atom. The number of aromatic nitrogens is 4. The maximum absolute atomic E-state index is 8.36. The lowest BCUT2D eigenvalue weighted by atomic mass is 10.6. The summed E-state index contributed by atoms with van der Waals surface area (Å²) in [6, 6.07) is 0. The van der Waals surface area contributed by atoms with E-state index >= 15 is 0 Å². The lowest BCUT2D eigenvalue weighted by Crippen LogP contribution is -1.81. The molecule has 0 aromatic carbocycles. The fourth-order valence-electron chi connectivity index (χ4n) is 0.691. The Morgan fingerprint density at radius 3 is 2.85 bits per heavy atom. The van der Waals surface area contributed by atoms with Gasteiger partial charge >= 0.3 is 0 Å². The summed E-state index contributed by atoms with van der Waals surface area (Å²) in [6.45, 7) is 0. The first kappa shape index (κ1) is 8.84. The summed E-state index contributed by atoms with van der Waals surface area (Å²) in [5.41, 5.74) is 1.59. The highest BCUT2D eigenvalue weighted by atomic mass is 16.9. The summed E-state index contributed by atoms with van der Waals surface area (Å²) in [7, 11) is 0. The van der Waals surface area contributed by atoms with E-state index in [1.807, 2.05) is 0 Å². The van der Waals surface area contributed by atoms with Crippen molar-refractivity contribution < 1.29 is 10.3 Å². The molecule has 0 fully saturated rings. The van der Waals surface area contributed by atoms with Gasteiger partial charge in [-0.15, -0.1) is 10.1 Å². The predicted octanol–water partition coefficient (Wildman–Crippen LogP) is 0.00520. The lowest BCUT2D eigenvalue weighted by molar-refractivity contribution is -0.742. The van der Waals surface area contributed by atoms with Gasteiger partial charge in [-0.1, -0.05) is 0 Å². The van der Waals surface area contributed by atoms with Gasteiger partial charge in [0.2, 0.25) is 0 Å². The van der Waals surface area contributed by atoms with E-state index in [2.05, 4.69) is 19.9 Å². The van der Waals surface area contributed by atoms with E-state index in [0.29, 0.717) is 0 Å². The van der Waals surface area contributed by atoms with E-state index in [1.165, 1.54) is 6.33 Å². The molecular weight excluding hydrogens is 178 g/mol. The van der Waals surface area contributed by atoms with Crippen molar-refractivity contribution in [1.82, 2.24) is 19.9 Å². The highest BCUT2D eigenvalue weighted by Gasteiger charge is 1.91. The Bertz CT molecular complexity index is 365. The molecule has 0 saturated carbocycles. The molecule has 0 aliphatic rings. The highest BCUT2D eigenvalue weighted by Crippen LogP contribution is 1.99. The molecule has 2 aromatic heterocycles. The van der Waals surface area contributed by atoms with Gasteiger partial charge in [0.25, 0.3) is 5.09 Å². The molecule has 2 aromatic rings. The molecule has 0 atom stereocenters. The molecule has 2 N–H and O–H groups in total. The van der Waals surface area contributed by atoms with E-state index < -0.39 is 5.09 Å². The number of imidazole rings is 1. The van der Waals surface area contributed by atoms with E-state index in [0.717, 1.165) is 11.2 Å². The van der Waals surface area contributed by atoms with Crippen LogP contribution in [0.15, 0.2) is 18.9 Å². The zero-order valence-corrected chi connectivity index (χ0v) is 6.28. The van der Waals surface area contributed by atoms with Gasteiger partial charge in [-0.2, -0.15) is 0 Å². The van der Waals surface area contributed by atoms with Crippen molar-refractivity contribution in [3.05, 3.63) is 29.0 Å². The second-order valence-corrected chi connectivity index (χ2v) is 1.90. The third kappa shape index (κ3) is 2.69. The third-order valence-corrected chi connectivity index (χ3v) is 1.10. The summed E-state index contributed by atoms with van der Waals surface area (Å²) >= 11 is 0. The van der Waals surface area contributed by atoms with E-state index in [4.69, 9.17) is 15.3 Å². The standard InChI is InChI=1S/C5H4N4.HNO3/c1-4-5(8-2-6-1)9-3-7-4;2-1(3)4/h1-3H,(H,6,7,8,9);(H,2,3,4). The fourth-order valence-corrected chi connectivity index (χ4v) is 0.691. The van der Waals surface area contributed by atoms with E-state index in [1.54, 1.807) is 12.5 Å². The molecular formula is C5H5N5O3. The minimum atomic E-state index is -1.50. The van der Waals surface area contributed by atoms with Gasteiger partial charge < -0.3 is 10.2 Å². The summed E-state index contributed by atoms with van der Waals surface area (Å²) in [4.78, 5) is 22.9. The summed E-state index contributed by atoms with van der Waals surface area (Å²) in [5, 5.41) is 13.6. The number of hydrogen-bond donors (Lipinski definition) is 2. The molecule has 0 unspecified atom stereocenters. The van der Waals surface area contributed by atoms with Gasteiger partial charge in [0.1, 0.15) is 11.8 Å². The first-order valence-corrected chi connectivity index (χ1v) is 3.12. The van der Waals surface area contributed by atoms with Gasteiger partial charge in [-0.05, 0) is 0 Å². The number of nitrogens with one attached hydrogen (secondary N) is 1. The minimum Gasteiger partial charge on any atom is -0.329 e. The van der Waals surface area contributed by atoms with Crippen LogP contribution in [0.3, 0.4) is 0 Å². The number of H-pyrrole nitrogens is 1. The van der Waals surface area contributed by atoms with Crippen LogP contribution in [-0.2, 0) is 0 Å². The Kier molecular flexibility index (Phi) is 2.69. The lowest BCUT2D eigenvalue weighted by Gasteiger charge is -1.80. The molecule has 0 bridgehead atoms. The average Bonchev–Trinajstić information content (AvgIpc) is 2.49. The smallest absolute Gasteiger partial charge is 0.291 e. The van der Waals surface area contributed by atoms with Crippen molar-refractivity contribution in [3.8, 4) is 0 Å². The molecule has 0 saturated heterocycles. The molecule has 0 aliphatic carbocycles. The Hall–Kier alpha value is -2.25. The molecule has 0 spiro atoms. The maximum Gasteiger partial charge on any atom is 0.291 e. The molecule has 0 amide bonds. The van der Waals surface area contributed by atoms with Gasteiger partial charge in [0, 0.05) is 0 Å². The van der Waals surface area contributed by atoms with Gasteiger partial charge in [-0.25, -0.2) is 15.0 Å². The van der Waals surface area contributed by atoms with Gasteiger partial charge in [0.05, 0.1) is 12.5 Å². The molecule has 13 heavy (non-hydrogen) atoms. The molecule has 8 heteroatoms. The summed E-state index contributed by atoms with van der Waals surface area (Å²) in [6.07, 6.45) is 4.75. The monoisotopic (exact) mass is 183 g/mol. The Balaban J connectivity index is 0.000000184. The summed E-state index contributed by atoms with van der Waals surface area (Å²) < 4.78 is 0. The molecule has 2 heterocycles. The number of nitrogens with zero attached hydrogens (tertiary/aromatic N) is 4. The minimum absolute atomic E-state index is 0.782. The van der Waals surface area contributed by atoms with Crippen LogP contribution in [0, 0.1) is 10.1 Å². The van der Waals surface area contributed by atoms with Crippen LogP contribution in [0.1, 0.15) is 0 Å². The van der Waals surface area contributed by atoms with Crippen LogP contribution in [0.2, 0.25) is 0 Å². The zero-order chi connectivity index (χ0) is 9.68. The largest absolute Gasteiger partial charge is 0.329 e. The van der Waals surface area contributed by atoms with Crippen LogP contribution in [0.25, 0.3) is 11.2 Å². The zero-order valence-electron chi connectivity index (χ0n) is 6.28. The van der Waals surface area contributed by atoms with E-state index in [-0.39, 0.29) is 0 Å². The van der Waals surface area contributed by atoms with Crippen molar-refractivity contribution in [3.63, 3.8) is 0 Å². The second kappa shape index (κ2) is 3.95. The van der Waals surface area contributed by atoms with Crippen molar-refractivity contribution in [2.75, 3.05) is 0 Å². The topological polar surface area (TPSA) is 118 Å². The molecule has 68 valence electrons.